The fourth-order valence-corrected chi connectivity index (χ4v) is 7.06. The summed E-state index contributed by atoms with van der Waals surface area (Å²) in [5.41, 5.74) is 13.0. The molecule has 9 rings (SSSR count). The quantitative estimate of drug-likeness (QED) is 0.151. The SMILES string of the molecule is Cc1c(Cl)cccc1Cl.Cc1c(F)cccc1F.Cc1ccccc1C.Cc1ccccc1Cl.Cc1ccccc1F.Cc1cncnc1C.Cc1nc(C)c(C)s1.Cc1ncsc1C.Cc1nnsc1C. The predicted molar refractivity (Wildman–Crippen MR) is 304 cm³/mol. The van der Waals surface area contributed by atoms with Crippen LogP contribution in [-0.4, -0.2) is 29.5 Å². The zero-order chi connectivity index (χ0) is 54.3. The lowest BCUT2D eigenvalue weighted by molar-refractivity contribution is 0.568. The average Bonchev–Trinajstić information content (AvgIpc) is 4.02. The highest BCUT2D eigenvalue weighted by Crippen LogP contribution is 2.22. The first-order valence-electron chi connectivity index (χ1n) is 22.5. The molecule has 384 valence electrons. The van der Waals surface area contributed by atoms with Gasteiger partial charge in [0.05, 0.1) is 27.6 Å². The van der Waals surface area contributed by atoms with Crippen molar-refractivity contribution in [3.05, 3.63) is 241 Å². The first kappa shape index (κ1) is 64.7. The second-order valence-electron chi connectivity index (χ2n) is 15.9. The van der Waals surface area contributed by atoms with Crippen molar-refractivity contribution >= 4 is 69.0 Å². The molecule has 0 aliphatic rings. The van der Waals surface area contributed by atoms with Crippen LogP contribution in [0.5, 0.6) is 0 Å². The van der Waals surface area contributed by atoms with Crippen LogP contribution in [0.2, 0.25) is 15.1 Å². The third kappa shape index (κ3) is 26.9. The van der Waals surface area contributed by atoms with Gasteiger partial charge in [-0.2, -0.15) is 0 Å². The summed E-state index contributed by atoms with van der Waals surface area (Å²) in [5, 5.41) is 7.24. The first-order chi connectivity index (χ1) is 34.0. The van der Waals surface area contributed by atoms with Gasteiger partial charge >= 0.3 is 0 Å². The van der Waals surface area contributed by atoms with E-state index in [0.717, 1.165) is 48.8 Å². The maximum Gasteiger partial charge on any atom is 0.129 e. The van der Waals surface area contributed by atoms with Crippen LogP contribution in [0, 0.1) is 121 Å². The molecule has 0 amide bonds. The van der Waals surface area contributed by atoms with Gasteiger partial charge in [-0.05, 0) is 185 Å². The molecule has 15 heteroatoms. The summed E-state index contributed by atoms with van der Waals surface area (Å²) in [4.78, 5) is 19.9. The van der Waals surface area contributed by atoms with Crippen molar-refractivity contribution in [2.75, 3.05) is 0 Å². The number of thiazole rings is 2. The van der Waals surface area contributed by atoms with Crippen LogP contribution >= 0.6 is 69.0 Å². The number of aryl methyl sites for hydroxylation is 13. The molecule has 5 aromatic carbocycles. The number of halogens is 6. The van der Waals surface area contributed by atoms with E-state index in [-0.39, 0.29) is 11.4 Å². The number of rotatable bonds is 0. The molecule has 0 fully saturated rings. The van der Waals surface area contributed by atoms with Gasteiger partial charge in [-0.25, -0.2) is 33.1 Å². The Morgan fingerprint density at radius 3 is 1.15 bits per heavy atom. The number of benzene rings is 5. The molecule has 0 aliphatic carbocycles. The molecule has 0 spiro atoms. The molecule has 6 nitrogen and oxygen atoms in total. The third-order valence-electron chi connectivity index (χ3n) is 10.1. The summed E-state index contributed by atoms with van der Waals surface area (Å²) in [6, 6.07) is 32.1. The maximum absolute atomic E-state index is 12.3. The molecular weight excluding hydrogens is 1030 g/mol. The van der Waals surface area contributed by atoms with Crippen molar-refractivity contribution in [3.8, 4) is 0 Å². The van der Waals surface area contributed by atoms with Gasteiger partial charge in [-0.1, -0.05) is 112 Å². The van der Waals surface area contributed by atoms with Crippen LogP contribution in [0.25, 0.3) is 0 Å². The van der Waals surface area contributed by atoms with E-state index >= 15 is 0 Å². The largest absolute Gasteiger partial charge is 0.250 e. The number of hydrogen-bond donors (Lipinski definition) is 0. The van der Waals surface area contributed by atoms with Gasteiger partial charge in [0, 0.05) is 47.2 Å². The van der Waals surface area contributed by atoms with Gasteiger partial charge in [-0.15, -0.1) is 27.8 Å². The maximum atomic E-state index is 12.3. The number of aromatic nitrogens is 6. The molecule has 0 radical (unpaired) electrons. The van der Waals surface area contributed by atoms with Gasteiger partial charge < -0.3 is 0 Å². The summed E-state index contributed by atoms with van der Waals surface area (Å²) in [6.07, 6.45) is 3.37. The van der Waals surface area contributed by atoms with Crippen molar-refractivity contribution in [2.45, 2.75) is 104 Å². The van der Waals surface area contributed by atoms with Crippen LogP contribution in [0.1, 0.15) is 81.4 Å². The van der Waals surface area contributed by atoms with Crippen LogP contribution in [0.4, 0.5) is 13.2 Å². The normalized spacial score (nSPS) is 9.46. The Kier molecular flexibility index (Phi) is 32.1. The molecule has 0 aliphatic heterocycles. The minimum atomic E-state index is -0.491. The van der Waals surface area contributed by atoms with E-state index in [4.69, 9.17) is 34.8 Å². The van der Waals surface area contributed by atoms with E-state index in [1.54, 1.807) is 48.1 Å². The molecule has 0 N–H and O–H groups in total. The van der Waals surface area contributed by atoms with E-state index < -0.39 is 11.6 Å². The summed E-state index contributed by atoms with van der Waals surface area (Å²) in [5.74, 6) is -1.11. The summed E-state index contributed by atoms with van der Waals surface area (Å²) in [6.45, 7) is 29.5. The van der Waals surface area contributed by atoms with E-state index in [2.05, 4.69) is 81.5 Å². The van der Waals surface area contributed by atoms with E-state index in [1.165, 1.54) is 79.2 Å². The Bertz CT molecular complexity index is 2500. The molecule has 4 heterocycles. The van der Waals surface area contributed by atoms with Gasteiger partial charge in [-0.3, -0.25) is 0 Å². The monoisotopic (exact) mass is 1090 g/mol. The second-order valence-corrected chi connectivity index (χ2v) is 20.5. The molecule has 72 heavy (non-hydrogen) atoms. The zero-order valence-electron chi connectivity index (χ0n) is 43.8. The highest BCUT2D eigenvalue weighted by atomic mass is 35.5. The first-order valence-corrected chi connectivity index (χ1v) is 26.1. The van der Waals surface area contributed by atoms with Gasteiger partial charge in [0.25, 0.3) is 0 Å². The van der Waals surface area contributed by atoms with E-state index in [0.29, 0.717) is 5.56 Å². The van der Waals surface area contributed by atoms with Crippen molar-refractivity contribution in [2.24, 2.45) is 0 Å². The minimum absolute atomic E-state index is 0.0810. The van der Waals surface area contributed by atoms with Gasteiger partial charge in [0.15, 0.2) is 0 Å². The Morgan fingerprint density at radius 2 is 0.903 bits per heavy atom. The Morgan fingerprint density at radius 1 is 0.417 bits per heavy atom. The lowest BCUT2D eigenvalue weighted by Gasteiger charge is -1.96. The molecule has 4 aromatic heterocycles. The minimum Gasteiger partial charge on any atom is -0.250 e. The molecule has 0 unspecified atom stereocenters. The van der Waals surface area contributed by atoms with Crippen LogP contribution in [0.3, 0.4) is 0 Å². The molecule has 0 atom stereocenters. The Balaban J connectivity index is 0.000000405. The lowest BCUT2D eigenvalue weighted by atomic mass is 10.1. The highest BCUT2D eigenvalue weighted by molar-refractivity contribution is 7.11. The molecular formula is C57H66Cl3F3N6S3. The van der Waals surface area contributed by atoms with Crippen molar-refractivity contribution < 1.29 is 13.2 Å². The topological polar surface area (TPSA) is 77.3 Å². The lowest BCUT2D eigenvalue weighted by Crippen LogP contribution is -1.85. The van der Waals surface area contributed by atoms with E-state index in [9.17, 15) is 13.2 Å². The molecule has 0 bridgehead atoms. The predicted octanol–water partition coefficient (Wildman–Crippen LogP) is 18.7. The third-order valence-corrected chi connectivity index (χ3v) is 14.0. The van der Waals surface area contributed by atoms with Crippen molar-refractivity contribution in [1.82, 2.24) is 29.5 Å². The van der Waals surface area contributed by atoms with Crippen molar-refractivity contribution in [3.63, 3.8) is 0 Å². The molecule has 0 saturated heterocycles. The molecule has 0 saturated carbocycles. The van der Waals surface area contributed by atoms with Gasteiger partial charge in [0.1, 0.15) is 23.8 Å². The summed E-state index contributed by atoms with van der Waals surface area (Å²) < 4.78 is 40.7. The second kappa shape index (κ2) is 35.7. The van der Waals surface area contributed by atoms with Crippen LogP contribution in [0.15, 0.2) is 127 Å². The fraction of sp³-hybridized carbons (Fsp3) is 0.263. The number of nitrogens with zero attached hydrogens (tertiary/aromatic N) is 6. The van der Waals surface area contributed by atoms with Crippen LogP contribution in [-0.2, 0) is 0 Å². The zero-order valence-corrected chi connectivity index (χ0v) is 48.5. The molecule has 9 aromatic rings. The summed E-state index contributed by atoms with van der Waals surface area (Å²) in [7, 11) is 0. The average molecular weight is 1090 g/mol. The summed E-state index contributed by atoms with van der Waals surface area (Å²) >= 11 is 22.1. The standard InChI is InChI=1S/C8H10.C7H6Cl2.C7H7Cl.C7H6F2.C7H7F.C6H8N2.C6H9NS.C5H7NS.C4H6N2S/c1-7-5-3-4-6-8(7)2;1-5-6(8)3-2-4-7(5)9;1-6-4-2-3-5-7(6)8;1-5-6(8)3-2-4-7(5)9;1-6-4-2-3-5-7(6)8;1-5-3-7-4-8-6(5)2;1-4-5(2)8-6(3)7-4;1-4-5(2)7-3-6-4;1-3-4(2)7-6-5-3/h3-6H,1-2H3;2-4H,1H3;2-5H,1H3;2-4H,1H3;2-5H,1H3;3-4H,1-2H3;1-3H3;3H,1-2H3;1-2H3. The highest BCUT2D eigenvalue weighted by Gasteiger charge is 2.00. The van der Waals surface area contributed by atoms with Crippen molar-refractivity contribution in [1.29, 1.82) is 0 Å². The van der Waals surface area contributed by atoms with Crippen LogP contribution < -0.4 is 0 Å². The number of hydrogen-bond acceptors (Lipinski definition) is 9. The Labute approximate surface area is 453 Å². The Hall–Kier alpha value is -5.34. The van der Waals surface area contributed by atoms with Gasteiger partial charge in [0.2, 0.25) is 0 Å². The smallest absolute Gasteiger partial charge is 0.129 e. The fourth-order valence-electron chi connectivity index (χ4n) is 4.66. The van der Waals surface area contributed by atoms with E-state index in [1.807, 2.05) is 123 Å².